The number of hydrogen-bond acceptors (Lipinski definition) is 3. The largest absolute Gasteiger partial charge is 0.378 e. The number of morpholine rings is 1. The molecule has 0 unspecified atom stereocenters. The van der Waals surface area contributed by atoms with Crippen molar-refractivity contribution in [3.8, 4) is 0 Å². The summed E-state index contributed by atoms with van der Waals surface area (Å²) in [7, 11) is 0. The molecule has 0 aliphatic carbocycles. The molecule has 1 atom stereocenters. The van der Waals surface area contributed by atoms with Gasteiger partial charge in [0.2, 0.25) is 5.91 Å². The maximum absolute atomic E-state index is 11.2. The molecule has 0 aromatic rings. The van der Waals surface area contributed by atoms with Gasteiger partial charge >= 0.3 is 0 Å². The monoisotopic (exact) mass is 158 g/mol. The Morgan fingerprint density at radius 2 is 2.09 bits per heavy atom. The van der Waals surface area contributed by atoms with Crippen molar-refractivity contribution in [2.24, 2.45) is 5.73 Å². The van der Waals surface area contributed by atoms with Crippen molar-refractivity contribution in [1.82, 2.24) is 4.90 Å². The molecule has 0 saturated carbocycles. The average molecular weight is 158 g/mol. The third-order valence-electron chi connectivity index (χ3n) is 1.71. The zero-order valence-corrected chi connectivity index (χ0v) is 6.75. The summed E-state index contributed by atoms with van der Waals surface area (Å²) in [5.41, 5.74) is 5.43. The molecule has 0 aromatic carbocycles. The van der Waals surface area contributed by atoms with E-state index in [1.807, 2.05) is 0 Å². The Morgan fingerprint density at radius 1 is 1.55 bits per heavy atom. The third kappa shape index (κ3) is 2.17. The normalized spacial score (nSPS) is 21.5. The lowest BCUT2D eigenvalue weighted by Gasteiger charge is -2.28. The van der Waals surface area contributed by atoms with Gasteiger partial charge in [0.1, 0.15) is 0 Å². The van der Waals surface area contributed by atoms with Gasteiger partial charge in [-0.15, -0.1) is 0 Å². The van der Waals surface area contributed by atoms with E-state index in [1.165, 1.54) is 0 Å². The molecule has 4 heteroatoms. The van der Waals surface area contributed by atoms with Crippen molar-refractivity contribution in [3.05, 3.63) is 0 Å². The van der Waals surface area contributed by atoms with Gasteiger partial charge < -0.3 is 15.4 Å². The number of carbonyl (C=O) groups excluding carboxylic acids is 1. The van der Waals surface area contributed by atoms with Gasteiger partial charge in [0.05, 0.1) is 19.3 Å². The van der Waals surface area contributed by atoms with Crippen LogP contribution in [0.2, 0.25) is 0 Å². The maximum Gasteiger partial charge on any atom is 0.239 e. The lowest BCUT2D eigenvalue weighted by Crippen LogP contribution is -2.47. The number of carbonyl (C=O) groups is 1. The molecule has 1 amide bonds. The number of nitrogens with two attached hydrogens (primary N) is 1. The van der Waals surface area contributed by atoms with Gasteiger partial charge in [-0.1, -0.05) is 0 Å². The molecule has 1 rings (SSSR count). The second-order valence-electron chi connectivity index (χ2n) is 2.73. The van der Waals surface area contributed by atoms with Crippen LogP contribution in [-0.2, 0) is 9.53 Å². The molecular formula is C7H14N2O2. The Labute approximate surface area is 66.3 Å². The maximum atomic E-state index is 11.2. The molecule has 0 radical (unpaired) electrons. The zero-order chi connectivity index (χ0) is 8.27. The summed E-state index contributed by atoms with van der Waals surface area (Å²) in [6.07, 6.45) is 0. The Balaban J connectivity index is 2.39. The summed E-state index contributed by atoms with van der Waals surface area (Å²) >= 11 is 0. The first-order valence-corrected chi connectivity index (χ1v) is 3.84. The molecule has 2 N–H and O–H groups in total. The predicted molar refractivity (Wildman–Crippen MR) is 41.0 cm³/mol. The molecule has 0 aromatic heterocycles. The minimum atomic E-state index is -0.381. The van der Waals surface area contributed by atoms with Crippen molar-refractivity contribution >= 4 is 5.91 Å². The van der Waals surface area contributed by atoms with Gasteiger partial charge in [0.25, 0.3) is 0 Å². The highest BCUT2D eigenvalue weighted by Gasteiger charge is 2.19. The van der Waals surface area contributed by atoms with Crippen LogP contribution in [0, 0.1) is 0 Å². The molecule has 11 heavy (non-hydrogen) atoms. The van der Waals surface area contributed by atoms with Crippen LogP contribution in [0.15, 0.2) is 0 Å². The fourth-order valence-electron chi connectivity index (χ4n) is 1.07. The van der Waals surface area contributed by atoms with E-state index in [9.17, 15) is 4.79 Å². The molecule has 64 valence electrons. The van der Waals surface area contributed by atoms with Crippen LogP contribution in [0.3, 0.4) is 0 Å². The topological polar surface area (TPSA) is 55.6 Å². The Kier molecular flexibility index (Phi) is 2.84. The molecular weight excluding hydrogens is 144 g/mol. The molecule has 1 aliphatic rings. The Hall–Kier alpha value is -0.610. The summed E-state index contributed by atoms with van der Waals surface area (Å²) in [4.78, 5) is 13.0. The number of amides is 1. The highest BCUT2D eigenvalue weighted by molar-refractivity contribution is 5.81. The Morgan fingerprint density at radius 3 is 2.55 bits per heavy atom. The molecule has 1 heterocycles. The fourth-order valence-corrected chi connectivity index (χ4v) is 1.07. The average Bonchev–Trinajstić information content (AvgIpc) is 2.05. The number of nitrogens with zero attached hydrogens (tertiary/aromatic N) is 1. The van der Waals surface area contributed by atoms with E-state index >= 15 is 0 Å². The number of ether oxygens (including phenoxy) is 1. The van der Waals surface area contributed by atoms with Crippen LogP contribution in [0.5, 0.6) is 0 Å². The van der Waals surface area contributed by atoms with Crippen molar-refractivity contribution in [1.29, 1.82) is 0 Å². The molecule has 1 fully saturated rings. The quantitative estimate of drug-likeness (QED) is 0.543. The van der Waals surface area contributed by atoms with E-state index in [2.05, 4.69) is 0 Å². The van der Waals surface area contributed by atoms with E-state index in [-0.39, 0.29) is 11.9 Å². The van der Waals surface area contributed by atoms with Crippen molar-refractivity contribution in [2.75, 3.05) is 26.3 Å². The van der Waals surface area contributed by atoms with E-state index in [0.717, 1.165) is 0 Å². The fraction of sp³-hybridized carbons (Fsp3) is 0.857. The summed E-state index contributed by atoms with van der Waals surface area (Å²) < 4.78 is 5.09. The number of rotatable bonds is 1. The van der Waals surface area contributed by atoms with Crippen LogP contribution >= 0.6 is 0 Å². The SMILES string of the molecule is C[C@H](N)C(=O)N1CCOCC1. The summed E-state index contributed by atoms with van der Waals surface area (Å²) in [6.45, 7) is 4.34. The molecule has 0 bridgehead atoms. The van der Waals surface area contributed by atoms with Crippen LogP contribution in [-0.4, -0.2) is 43.2 Å². The Bertz CT molecular complexity index is 141. The van der Waals surface area contributed by atoms with Gasteiger partial charge in [0.15, 0.2) is 0 Å². The van der Waals surface area contributed by atoms with Crippen LogP contribution in [0.1, 0.15) is 6.92 Å². The highest BCUT2D eigenvalue weighted by Crippen LogP contribution is 1.98. The molecule has 4 nitrogen and oxygen atoms in total. The van der Waals surface area contributed by atoms with E-state index in [4.69, 9.17) is 10.5 Å². The second kappa shape index (κ2) is 3.69. The zero-order valence-electron chi connectivity index (χ0n) is 6.75. The van der Waals surface area contributed by atoms with Crippen LogP contribution in [0.25, 0.3) is 0 Å². The smallest absolute Gasteiger partial charge is 0.239 e. The van der Waals surface area contributed by atoms with Gasteiger partial charge in [-0.25, -0.2) is 0 Å². The summed E-state index contributed by atoms with van der Waals surface area (Å²) in [6, 6.07) is -0.381. The highest BCUT2D eigenvalue weighted by atomic mass is 16.5. The van der Waals surface area contributed by atoms with Gasteiger partial charge in [-0.3, -0.25) is 4.79 Å². The summed E-state index contributed by atoms with van der Waals surface area (Å²) in [5, 5.41) is 0. The summed E-state index contributed by atoms with van der Waals surface area (Å²) in [5.74, 6) is 0.0216. The number of hydrogen-bond donors (Lipinski definition) is 1. The molecule has 1 aliphatic heterocycles. The van der Waals surface area contributed by atoms with Crippen molar-refractivity contribution in [2.45, 2.75) is 13.0 Å². The van der Waals surface area contributed by atoms with Crippen molar-refractivity contribution in [3.63, 3.8) is 0 Å². The minimum absolute atomic E-state index is 0.0216. The van der Waals surface area contributed by atoms with Gasteiger partial charge in [-0.2, -0.15) is 0 Å². The predicted octanol–water partition coefficient (Wildman–Crippen LogP) is -0.808. The van der Waals surface area contributed by atoms with E-state index < -0.39 is 0 Å². The van der Waals surface area contributed by atoms with Gasteiger partial charge in [0, 0.05) is 13.1 Å². The van der Waals surface area contributed by atoms with Crippen LogP contribution in [0.4, 0.5) is 0 Å². The first-order chi connectivity index (χ1) is 5.22. The third-order valence-corrected chi connectivity index (χ3v) is 1.71. The van der Waals surface area contributed by atoms with E-state index in [0.29, 0.717) is 26.3 Å². The van der Waals surface area contributed by atoms with Crippen molar-refractivity contribution < 1.29 is 9.53 Å². The second-order valence-corrected chi connectivity index (χ2v) is 2.73. The minimum Gasteiger partial charge on any atom is -0.378 e. The van der Waals surface area contributed by atoms with Crippen LogP contribution < -0.4 is 5.73 Å². The first-order valence-electron chi connectivity index (χ1n) is 3.84. The molecule has 0 spiro atoms. The lowest BCUT2D eigenvalue weighted by atomic mass is 10.3. The standard InChI is InChI=1S/C7H14N2O2/c1-6(8)7(10)9-2-4-11-5-3-9/h6H,2-5,8H2,1H3/t6-/m0/s1. The van der Waals surface area contributed by atoms with E-state index in [1.54, 1.807) is 11.8 Å². The first kappa shape index (κ1) is 8.49. The lowest BCUT2D eigenvalue weighted by molar-refractivity contribution is -0.136. The molecule has 1 saturated heterocycles. The van der Waals surface area contributed by atoms with Gasteiger partial charge in [-0.05, 0) is 6.92 Å².